The van der Waals surface area contributed by atoms with Gasteiger partial charge in [-0.2, -0.15) is 0 Å². The van der Waals surface area contributed by atoms with Gasteiger partial charge in [0, 0.05) is 12.5 Å². The molecule has 0 bridgehead atoms. The first-order valence-corrected chi connectivity index (χ1v) is 6.78. The van der Waals surface area contributed by atoms with E-state index in [1.807, 2.05) is 24.3 Å². The lowest BCUT2D eigenvalue weighted by Crippen LogP contribution is -2.33. The molecule has 102 valence electrons. The van der Waals surface area contributed by atoms with Crippen molar-refractivity contribution in [3.8, 4) is 0 Å². The van der Waals surface area contributed by atoms with Gasteiger partial charge in [-0.1, -0.05) is 19.1 Å². The zero-order chi connectivity index (χ0) is 13.5. The molecule has 0 aliphatic carbocycles. The van der Waals surface area contributed by atoms with Gasteiger partial charge in [0.25, 0.3) is 0 Å². The van der Waals surface area contributed by atoms with Gasteiger partial charge in [0.05, 0.1) is 6.26 Å². The zero-order valence-corrected chi connectivity index (χ0v) is 11.2. The van der Waals surface area contributed by atoms with Crippen molar-refractivity contribution >= 4 is 0 Å². The molecule has 2 aromatic rings. The number of hydrogen-bond acceptors (Lipinski definition) is 2. The Kier molecular flexibility index (Phi) is 5.16. The molecule has 1 unspecified atom stereocenters. The first-order valence-electron chi connectivity index (χ1n) is 6.78. The Labute approximate surface area is 113 Å². The molecule has 0 amide bonds. The SMILES string of the molecule is CCCNC(Cc1ccc(F)cc1)Cc1ccco1. The van der Waals surface area contributed by atoms with Crippen LogP contribution >= 0.6 is 0 Å². The predicted octanol–water partition coefficient (Wildman–Crippen LogP) is 3.57. The fourth-order valence-corrected chi connectivity index (χ4v) is 2.14. The molecule has 19 heavy (non-hydrogen) atoms. The summed E-state index contributed by atoms with van der Waals surface area (Å²) in [5.41, 5.74) is 1.14. The van der Waals surface area contributed by atoms with Crippen molar-refractivity contribution in [1.29, 1.82) is 0 Å². The largest absolute Gasteiger partial charge is 0.469 e. The van der Waals surface area contributed by atoms with Crippen LogP contribution in [0.2, 0.25) is 0 Å². The molecule has 1 N–H and O–H groups in total. The minimum atomic E-state index is -0.187. The smallest absolute Gasteiger partial charge is 0.123 e. The zero-order valence-electron chi connectivity index (χ0n) is 11.2. The number of furan rings is 1. The summed E-state index contributed by atoms with van der Waals surface area (Å²) >= 11 is 0. The summed E-state index contributed by atoms with van der Waals surface area (Å²) < 4.78 is 18.3. The molecule has 1 aromatic carbocycles. The van der Waals surface area contributed by atoms with E-state index in [4.69, 9.17) is 4.42 Å². The van der Waals surface area contributed by atoms with Crippen molar-refractivity contribution in [2.45, 2.75) is 32.2 Å². The number of halogens is 1. The summed E-state index contributed by atoms with van der Waals surface area (Å²) in [5, 5.41) is 3.52. The van der Waals surface area contributed by atoms with Crippen LogP contribution in [0, 0.1) is 5.82 Å². The maximum absolute atomic E-state index is 12.9. The summed E-state index contributed by atoms with van der Waals surface area (Å²) in [6.07, 6.45) is 4.52. The van der Waals surface area contributed by atoms with E-state index in [9.17, 15) is 4.39 Å². The van der Waals surface area contributed by atoms with Gasteiger partial charge in [-0.05, 0) is 49.2 Å². The number of hydrogen-bond donors (Lipinski definition) is 1. The molecule has 1 aromatic heterocycles. The highest BCUT2D eigenvalue weighted by atomic mass is 19.1. The summed E-state index contributed by atoms with van der Waals surface area (Å²) in [6.45, 7) is 3.13. The molecular formula is C16H20FNO. The van der Waals surface area contributed by atoms with Crippen molar-refractivity contribution in [1.82, 2.24) is 5.32 Å². The van der Waals surface area contributed by atoms with Crippen molar-refractivity contribution < 1.29 is 8.81 Å². The highest BCUT2D eigenvalue weighted by Crippen LogP contribution is 2.11. The Morgan fingerprint density at radius 3 is 2.58 bits per heavy atom. The summed E-state index contributed by atoms with van der Waals surface area (Å²) in [7, 11) is 0. The molecule has 0 radical (unpaired) electrons. The highest BCUT2D eigenvalue weighted by molar-refractivity contribution is 5.17. The lowest BCUT2D eigenvalue weighted by atomic mass is 10.0. The van der Waals surface area contributed by atoms with Crippen LogP contribution < -0.4 is 5.32 Å². The molecule has 2 rings (SSSR count). The van der Waals surface area contributed by atoms with Gasteiger partial charge >= 0.3 is 0 Å². The maximum Gasteiger partial charge on any atom is 0.123 e. The molecule has 2 nitrogen and oxygen atoms in total. The summed E-state index contributed by atoms with van der Waals surface area (Å²) in [6, 6.07) is 10.9. The van der Waals surface area contributed by atoms with Crippen LogP contribution in [-0.4, -0.2) is 12.6 Å². The van der Waals surface area contributed by atoms with Crippen LogP contribution in [0.3, 0.4) is 0 Å². The van der Waals surface area contributed by atoms with Gasteiger partial charge in [0.15, 0.2) is 0 Å². The van der Waals surface area contributed by atoms with E-state index in [2.05, 4.69) is 12.2 Å². The molecule has 1 heterocycles. The van der Waals surface area contributed by atoms with Gasteiger partial charge in [-0.15, -0.1) is 0 Å². The second-order valence-corrected chi connectivity index (χ2v) is 4.77. The van der Waals surface area contributed by atoms with Gasteiger partial charge in [-0.25, -0.2) is 4.39 Å². The van der Waals surface area contributed by atoms with E-state index >= 15 is 0 Å². The molecule has 0 aliphatic heterocycles. The van der Waals surface area contributed by atoms with E-state index < -0.39 is 0 Å². The lowest BCUT2D eigenvalue weighted by Gasteiger charge is -2.17. The van der Waals surface area contributed by atoms with Gasteiger partial charge in [0.1, 0.15) is 11.6 Å². The minimum absolute atomic E-state index is 0.187. The fourth-order valence-electron chi connectivity index (χ4n) is 2.14. The maximum atomic E-state index is 12.9. The van der Waals surface area contributed by atoms with Crippen molar-refractivity contribution in [2.24, 2.45) is 0 Å². The summed E-state index contributed by atoms with van der Waals surface area (Å²) in [5.74, 6) is 0.795. The van der Waals surface area contributed by atoms with E-state index in [1.54, 1.807) is 6.26 Å². The van der Waals surface area contributed by atoms with Crippen LogP contribution in [0.25, 0.3) is 0 Å². The molecule has 0 saturated carbocycles. The third-order valence-corrected chi connectivity index (χ3v) is 3.11. The van der Waals surface area contributed by atoms with Crippen LogP contribution in [0.4, 0.5) is 4.39 Å². The van der Waals surface area contributed by atoms with E-state index in [0.29, 0.717) is 6.04 Å². The monoisotopic (exact) mass is 261 g/mol. The third kappa shape index (κ3) is 4.52. The van der Waals surface area contributed by atoms with Crippen molar-refractivity contribution in [3.63, 3.8) is 0 Å². The normalized spacial score (nSPS) is 12.5. The Bertz CT molecular complexity index is 464. The molecule has 0 saturated heterocycles. The molecule has 0 aliphatic rings. The Morgan fingerprint density at radius 2 is 1.95 bits per heavy atom. The third-order valence-electron chi connectivity index (χ3n) is 3.11. The highest BCUT2D eigenvalue weighted by Gasteiger charge is 2.11. The Hall–Kier alpha value is -1.61. The molecule has 0 fully saturated rings. The lowest BCUT2D eigenvalue weighted by molar-refractivity contribution is 0.438. The molecule has 3 heteroatoms. The van der Waals surface area contributed by atoms with Crippen LogP contribution in [-0.2, 0) is 12.8 Å². The molecule has 0 spiro atoms. The molecule has 1 atom stereocenters. The number of nitrogens with one attached hydrogen (secondary N) is 1. The quantitative estimate of drug-likeness (QED) is 0.824. The van der Waals surface area contributed by atoms with Crippen LogP contribution in [0.1, 0.15) is 24.7 Å². The standard InChI is InChI=1S/C16H20FNO/c1-2-9-18-15(12-16-4-3-10-19-16)11-13-5-7-14(17)8-6-13/h3-8,10,15,18H,2,9,11-12H2,1H3. The van der Waals surface area contributed by atoms with Crippen LogP contribution in [0.15, 0.2) is 47.1 Å². The van der Waals surface area contributed by atoms with Gasteiger partial charge in [0.2, 0.25) is 0 Å². The number of benzene rings is 1. The predicted molar refractivity (Wildman–Crippen MR) is 74.6 cm³/mol. The first-order chi connectivity index (χ1) is 9.28. The van der Waals surface area contributed by atoms with E-state index in [-0.39, 0.29) is 5.82 Å². The van der Waals surface area contributed by atoms with Gasteiger partial charge < -0.3 is 9.73 Å². The van der Waals surface area contributed by atoms with E-state index in [0.717, 1.165) is 37.1 Å². The fraction of sp³-hybridized carbons (Fsp3) is 0.375. The average Bonchev–Trinajstić information content (AvgIpc) is 2.91. The number of rotatable bonds is 7. The Balaban J connectivity index is 1.98. The first kappa shape index (κ1) is 13.8. The van der Waals surface area contributed by atoms with E-state index in [1.165, 1.54) is 12.1 Å². The Morgan fingerprint density at radius 1 is 1.16 bits per heavy atom. The topological polar surface area (TPSA) is 25.2 Å². The minimum Gasteiger partial charge on any atom is -0.469 e. The van der Waals surface area contributed by atoms with Crippen molar-refractivity contribution in [2.75, 3.05) is 6.54 Å². The second-order valence-electron chi connectivity index (χ2n) is 4.77. The van der Waals surface area contributed by atoms with Crippen LogP contribution in [0.5, 0.6) is 0 Å². The van der Waals surface area contributed by atoms with Gasteiger partial charge in [-0.3, -0.25) is 0 Å². The summed E-state index contributed by atoms with van der Waals surface area (Å²) in [4.78, 5) is 0. The molecular weight excluding hydrogens is 241 g/mol. The average molecular weight is 261 g/mol. The van der Waals surface area contributed by atoms with Crippen molar-refractivity contribution in [3.05, 3.63) is 59.8 Å². The second kappa shape index (κ2) is 7.10.